The summed E-state index contributed by atoms with van der Waals surface area (Å²) >= 11 is 0. The van der Waals surface area contributed by atoms with Gasteiger partial charge in [0.05, 0.1) is 5.41 Å². The van der Waals surface area contributed by atoms with Gasteiger partial charge in [0.25, 0.3) is 6.71 Å². The molecule has 15 rings (SSSR count). The van der Waals surface area contributed by atoms with E-state index in [2.05, 4.69) is 305 Å². The highest BCUT2D eigenvalue weighted by molar-refractivity contribution is 7.03. The van der Waals surface area contributed by atoms with Crippen LogP contribution in [0.3, 0.4) is 0 Å². The second-order valence-corrected chi connectivity index (χ2v) is 28.2. The van der Waals surface area contributed by atoms with E-state index in [1.54, 1.807) is 0 Å². The first kappa shape index (κ1) is 50.6. The van der Waals surface area contributed by atoms with Crippen molar-refractivity contribution < 1.29 is 0 Å². The molecule has 400 valence electrons. The Morgan fingerprint density at radius 2 is 0.659 bits per heavy atom. The molecule has 0 unspecified atom stereocenters. The third-order valence-electron chi connectivity index (χ3n) is 19.0. The average molecular weight is 1060 g/mol. The van der Waals surface area contributed by atoms with Crippen LogP contribution in [0.15, 0.2) is 212 Å². The monoisotopic (exact) mass is 1060 g/mol. The molecule has 82 heavy (non-hydrogen) atoms. The maximum absolute atomic E-state index is 2.68. The van der Waals surface area contributed by atoms with E-state index in [-0.39, 0.29) is 28.4 Å². The first-order chi connectivity index (χ1) is 39.2. The number of rotatable bonds is 3. The van der Waals surface area contributed by atoms with Gasteiger partial charge in [0.2, 0.25) is 0 Å². The van der Waals surface area contributed by atoms with E-state index in [0.29, 0.717) is 0 Å². The molecule has 2 aliphatic heterocycles. The lowest BCUT2D eigenvalue weighted by Crippen LogP contribution is -2.61. The molecule has 2 nitrogen and oxygen atoms in total. The molecule has 0 fully saturated rings. The highest BCUT2D eigenvalue weighted by atomic mass is 15.2. The number of fused-ring (bicyclic) bond motifs is 18. The van der Waals surface area contributed by atoms with Crippen molar-refractivity contribution in [2.75, 3.05) is 9.80 Å². The van der Waals surface area contributed by atoms with Gasteiger partial charge in [0.1, 0.15) is 0 Å². The van der Waals surface area contributed by atoms with Crippen LogP contribution in [-0.2, 0) is 27.1 Å². The molecule has 0 radical (unpaired) electrons. The summed E-state index contributed by atoms with van der Waals surface area (Å²) in [6.45, 7) is 28.3. The van der Waals surface area contributed by atoms with Crippen LogP contribution in [0.4, 0.5) is 34.1 Å². The predicted octanol–water partition coefficient (Wildman–Crippen LogP) is 19.3. The van der Waals surface area contributed by atoms with Crippen LogP contribution in [0.25, 0.3) is 54.9 Å². The Labute approximate surface area is 486 Å². The van der Waals surface area contributed by atoms with Gasteiger partial charge in [-0.2, -0.15) is 0 Å². The Balaban J connectivity index is 1.11. The minimum Gasteiger partial charge on any atom is -0.311 e. The molecule has 11 aromatic rings. The van der Waals surface area contributed by atoms with Crippen LogP contribution in [0, 0.1) is 0 Å². The SMILES string of the molecule is CC(C)(C)c1cc(N2c3cc(-c4ccc5c(c4)C4(c6ccccc6-c6ccccc64)c4ccccc4-5)cc4c3B(c3c2ccc2ccccc32)c2c(ccc3ccccc23)N4c2cc(C(C)(C)C)cc(C(C)(C)C)c2)cc(C(C)(C)C)c1. The molecule has 2 heterocycles. The zero-order valence-corrected chi connectivity index (χ0v) is 49.7. The Morgan fingerprint density at radius 3 is 1.06 bits per heavy atom. The molecule has 1 spiro atoms. The van der Waals surface area contributed by atoms with Gasteiger partial charge in [-0.05, 0) is 192 Å². The molecule has 11 aromatic carbocycles. The van der Waals surface area contributed by atoms with Crippen LogP contribution in [0.2, 0.25) is 0 Å². The summed E-state index contributed by atoms with van der Waals surface area (Å²) in [4.78, 5) is 5.36. The van der Waals surface area contributed by atoms with Crippen molar-refractivity contribution in [1.29, 1.82) is 0 Å². The number of nitrogens with zero attached hydrogens (tertiary/aromatic N) is 2. The Morgan fingerprint density at radius 1 is 0.293 bits per heavy atom. The van der Waals surface area contributed by atoms with Gasteiger partial charge in [-0.15, -0.1) is 0 Å². The molecule has 3 heteroatoms. The predicted molar refractivity (Wildman–Crippen MR) is 352 cm³/mol. The van der Waals surface area contributed by atoms with Crippen molar-refractivity contribution in [2.45, 2.75) is 110 Å². The highest BCUT2D eigenvalue weighted by Gasteiger charge is 2.52. The van der Waals surface area contributed by atoms with E-state index >= 15 is 0 Å². The lowest BCUT2D eigenvalue weighted by atomic mass is 9.32. The maximum Gasteiger partial charge on any atom is 0.253 e. The molecule has 0 aromatic heterocycles. The van der Waals surface area contributed by atoms with Gasteiger partial charge in [0.15, 0.2) is 0 Å². The first-order valence-electron chi connectivity index (χ1n) is 29.8. The van der Waals surface area contributed by atoms with Crippen LogP contribution in [-0.4, -0.2) is 6.71 Å². The van der Waals surface area contributed by atoms with Crippen LogP contribution in [0.5, 0.6) is 0 Å². The normalized spacial score (nSPS) is 14.6. The Bertz CT molecular complexity index is 4210. The fourth-order valence-electron chi connectivity index (χ4n) is 14.8. The number of benzene rings is 11. The fraction of sp³-hybridized carbons (Fsp3) is 0.215. The summed E-state index contributed by atoms with van der Waals surface area (Å²) in [5, 5.41) is 5.08. The number of hydrogen-bond acceptors (Lipinski definition) is 2. The molecule has 0 amide bonds. The van der Waals surface area contributed by atoms with E-state index in [0.717, 1.165) is 0 Å². The Kier molecular flexibility index (Phi) is 10.7. The molecule has 4 aliphatic rings. The minimum absolute atomic E-state index is 0.0983. The maximum atomic E-state index is 2.68. The largest absolute Gasteiger partial charge is 0.311 e. The van der Waals surface area contributed by atoms with Gasteiger partial charge in [-0.25, -0.2) is 0 Å². The van der Waals surface area contributed by atoms with Crippen LogP contribution >= 0.6 is 0 Å². The molecule has 0 saturated heterocycles. The summed E-state index contributed by atoms with van der Waals surface area (Å²) in [5.41, 5.74) is 28.8. The van der Waals surface area contributed by atoms with E-state index < -0.39 is 5.41 Å². The van der Waals surface area contributed by atoms with Gasteiger partial charge in [-0.3, -0.25) is 0 Å². The topological polar surface area (TPSA) is 6.48 Å². The van der Waals surface area contributed by atoms with Gasteiger partial charge >= 0.3 is 0 Å². The van der Waals surface area contributed by atoms with Crippen molar-refractivity contribution in [1.82, 2.24) is 0 Å². The zero-order chi connectivity index (χ0) is 56.6. The quantitative estimate of drug-likeness (QED) is 0.163. The van der Waals surface area contributed by atoms with Crippen LogP contribution < -0.4 is 26.2 Å². The standard InChI is InChI=1S/C79H71BN2/c1-75(2,3)52-42-53(76(4,5)6)45-56(44-52)81-68-37-34-48-23-13-15-25-58(48)72(68)80-73-59-26-16-14-24-49(59)35-38-69(73)82(57-46-54(77(7,8)9)43-55(47-57)78(10,11)12)71-41-51(40-70(81)74(71)80)50-33-36-63-62-29-19-22-32-66(62)79(67(63)39-50)64-30-20-17-27-60(64)61-28-18-21-31-65(61)79/h13-47H,1-12H3. The first-order valence-corrected chi connectivity index (χ1v) is 29.8. The summed E-state index contributed by atoms with van der Waals surface area (Å²) in [7, 11) is 0. The van der Waals surface area contributed by atoms with Gasteiger partial charge in [-0.1, -0.05) is 241 Å². The van der Waals surface area contributed by atoms with E-state index in [4.69, 9.17) is 0 Å². The third-order valence-corrected chi connectivity index (χ3v) is 19.0. The summed E-state index contributed by atoms with van der Waals surface area (Å²) in [5.74, 6) is 0. The van der Waals surface area contributed by atoms with E-state index in [9.17, 15) is 0 Å². The smallest absolute Gasteiger partial charge is 0.253 e. The Hall–Kier alpha value is -8.40. The van der Waals surface area contributed by atoms with Gasteiger partial charge < -0.3 is 9.80 Å². The lowest BCUT2D eigenvalue weighted by Gasteiger charge is -2.46. The zero-order valence-electron chi connectivity index (χ0n) is 49.7. The molecular weight excluding hydrogens is 988 g/mol. The van der Waals surface area contributed by atoms with Crippen molar-refractivity contribution in [3.63, 3.8) is 0 Å². The van der Waals surface area contributed by atoms with Crippen molar-refractivity contribution in [2.24, 2.45) is 0 Å². The molecular formula is C79H71BN2. The summed E-state index contributed by atoms with van der Waals surface area (Å²) in [6, 6.07) is 83.0. The molecule has 0 N–H and O–H groups in total. The molecule has 0 atom stereocenters. The highest BCUT2D eigenvalue weighted by Crippen LogP contribution is 2.63. The van der Waals surface area contributed by atoms with E-state index in [1.807, 2.05) is 0 Å². The van der Waals surface area contributed by atoms with Crippen molar-refractivity contribution in [3.05, 3.63) is 257 Å². The number of hydrogen-bond donors (Lipinski definition) is 0. The third kappa shape index (κ3) is 7.27. The minimum atomic E-state index is -0.478. The summed E-state index contributed by atoms with van der Waals surface area (Å²) < 4.78 is 0. The molecule has 0 saturated carbocycles. The fourth-order valence-corrected chi connectivity index (χ4v) is 14.8. The number of anilines is 6. The second-order valence-electron chi connectivity index (χ2n) is 28.2. The van der Waals surface area contributed by atoms with Crippen LogP contribution in [0.1, 0.15) is 128 Å². The molecule has 2 aliphatic carbocycles. The van der Waals surface area contributed by atoms with Crippen molar-refractivity contribution >= 4 is 78.8 Å². The summed E-state index contributed by atoms with van der Waals surface area (Å²) in [6.07, 6.45) is 0. The average Bonchev–Trinajstić information content (AvgIpc) is 1.38. The van der Waals surface area contributed by atoms with E-state index in [1.165, 1.54) is 150 Å². The van der Waals surface area contributed by atoms with Gasteiger partial charge in [0, 0.05) is 34.1 Å². The van der Waals surface area contributed by atoms with Crippen molar-refractivity contribution in [3.8, 4) is 33.4 Å². The molecule has 0 bridgehead atoms. The lowest BCUT2D eigenvalue weighted by molar-refractivity contribution is 0.568. The second kappa shape index (κ2) is 17.3.